The summed E-state index contributed by atoms with van der Waals surface area (Å²) in [6.07, 6.45) is 2.71. The topological polar surface area (TPSA) is 66.5 Å². The van der Waals surface area contributed by atoms with Gasteiger partial charge in [0.2, 0.25) is 15.9 Å². The first-order valence-electron chi connectivity index (χ1n) is 9.06. The Morgan fingerprint density at radius 1 is 1.15 bits per heavy atom. The zero-order valence-corrected chi connectivity index (χ0v) is 15.6. The van der Waals surface area contributed by atoms with E-state index in [1.165, 1.54) is 18.2 Å². The zero-order valence-electron chi connectivity index (χ0n) is 14.8. The molecule has 1 aliphatic heterocycles. The van der Waals surface area contributed by atoms with Crippen LogP contribution in [0.25, 0.3) is 0 Å². The first-order valence-corrected chi connectivity index (χ1v) is 10.7. The fourth-order valence-electron chi connectivity index (χ4n) is 3.43. The molecule has 0 radical (unpaired) electrons. The number of amides is 1. The number of carbonyl (C=O) groups is 1. The fourth-order valence-corrected chi connectivity index (χ4v) is 4.63. The molecule has 0 saturated heterocycles. The Bertz CT molecular complexity index is 986. The molecular formula is C20H21FN2O3S. The van der Waals surface area contributed by atoms with Crippen LogP contribution >= 0.6 is 0 Å². The average Bonchev–Trinajstić information content (AvgIpc) is 3.47. The van der Waals surface area contributed by atoms with E-state index in [1.54, 1.807) is 18.2 Å². The highest BCUT2D eigenvalue weighted by Gasteiger charge is 2.34. The summed E-state index contributed by atoms with van der Waals surface area (Å²) in [7, 11) is -3.74. The summed E-state index contributed by atoms with van der Waals surface area (Å²) < 4.78 is 41.1. The second-order valence-electron chi connectivity index (χ2n) is 7.22. The number of nitrogens with one attached hydrogen (secondary N) is 1. The average molecular weight is 388 g/mol. The van der Waals surface area contributed by atoms with E-state index < -0.39 is 21.6 Å². The molecule has 2 aromatic carbocycles. The predicted molar refractivity (Wildman–Crippen MR) is 101 cm³/mol. The van der Waals surface area contributed by atoms with Gasteiger partial charge in [-0.15, -0.1) is 0 Å². The van der Waals surface area contributed by atoms with Crippen LogP contribution in [-0.4, -0.2) is 25.8 Å². The quantitative estimate of drug-likeness (QED) is 0.856. The normalized spacial score (nSPS) is 16.7. The van der Waals surface area contributed by atoms with Gasteiger partial charge >= 0.3 is 0 Å². The molecule has 4 rings (SSSR count). The third-order valence-corrected chi connectivity index (χ3v) is 6.27. The number of halogens is 1. The van der Waals surface area contributed by atoms with E-state index in [1.807, 2.05) is 11.0 Å². The van der Waals surface area contributed by atoms with Crippen molar-refractivity contribution in [2.45, 2.75) is 31.6 Å². The van der Waals surface area contributed by atoms with E-state index >= 15 is 0 Å². The minimum atomic E-state index is -3.74. The van der Waals surface area contributed by atoms with Gasteiger partial charge in [0.25, 0.3) is 0 Å². The van der Waals surface area contributed by atoms with Crippen LogP contribution in [0.15, 0.2) is 42.5 Å². The number of nitrogens with zero attached hydrogens (tertiary/aromatic N) is 1. The van der Waals surface area contributed by atoms with Gasteiger partial charge in [-0.05, 0) is 48.6 Å². The predicted octanol–water partition coefficient (Wildman–Crippen LogP) is 3.06. The molecule has 1 aliphatic carbocycles. The molecule has 0 atom stereocenters. The summed E-state index contributed by atoms with van der Waals surface area (Å²) in [4.78, 5) is 14.2. The Hall–Kier alpha value is -2.41. The second-order valence-corrected chi connectivity index (χ2v) is 8.94. The lowest BCUT2D eigenvalue weighted by molar-refractivity contribution is -0.133. The molecule has 1 heterocycles. The molecule has 1 fully saturated rings. The van der Waals surface area contributed by atoms with Crippen LogP contribution in [0.5, 0.6) is 0 Å². The molecule has 0 aromatic heterocycles. The van der Waals surface area contributed by atoms with Crippen molar-refractivity contribution in [2.24, 2.45) is 5.92 Å². The van der Waals surface area contributed by atoms with Crippen molar-refractivity contribution in [1.82, 2.24) is 4.90 Å². The first-order chi connectivity index (χ1) is 12.9. The van der Waals surface area contributed by atoms with Crippen molar-refractivity contribution < 1.29 is 17.6 Å². The van der Waals surface area contributed by atoms with Gasteiger partial charge in [-0.3, -0.25) is 9.52 Å². The highest BCUT2D eigenvalue weighted by molar-refractivity contribution is 7.91. The summed E-state index contributed by atoms with van der Waals surface area (Å²) in [6.45, 7) is 1.22. The molecule has 0 unspecified atom stereocenters. The Balaban J connectivity index is 1.49. The van der Waals surface area contributed by atoms with Crippen LogP contribution < -0.4 is 4.72 Å². The number of sulfonamides is 1. The maximum atomic E-state index is 13.7. The highest BCUT2D eigenvalue weighted by atomic mass is 32.2. The number of fused-ring (bicyclic) bond motifs is 1. The van der Waals surface area contributed by atoms with Crippen LogP contribution in [0.1, 0.15) is 29.5 Å². The van der Waals surface area contributed by atoms with Gasteiger partial charge < -0.3 is 4.90 Å². The van der Waals surface area contributed by atoms with Crippen LogP contribution in [0, 0.1) is 11.7 Å². The first kappa shape index (κ1) is 18.0. The molecule has 1 amide bonds. The summed E-state index contributed by atoms with van der Waals surface area (Å²) in [6, 6.07) is 11.2. The lowest BCUT2D eigenvalue weighted by atomic mass is 9.99. The lowest BCUT2D eigenvalue weighted by Crippen LogP contribution is -2.36. The maximum absolute atomic E-state index is 13.7. The fraction of sp³-hybridized carbons (Fsp3) is 0.350. The van der Waals surface area contributed by atoms with E-state index in [0.29, 0.717) is 18.8 Å². The molecule has 2 aromatic rings. The van der Waals surface area contributed by atoms with Gasteiger partial charge in [0, 0.05) is 30.3 Å². The Kier molecular flexibility index (Phi) is 4.63. The molecule has 142 valence electrons. The van der Waals surface area contributed by atoms with Crippen molar-refractivity contribution in [3.05, 3.63) is 65.0 Å². The Morgan fingerprint density at radius 3 is 2.67 bits per heavy atom. The van der Waals surface area contributed by atoms with Gasteiger partial charge in [0.05, 0.1) is 5.75 Å². The summed E-state index contributed by atoms with van der Waals surface area (Å²) in [5.74, 6) is -0.592. The van der Waals surface area contributed by atoms with Crippen LogP contribution in [0.2, 0.25) is 0 Å². The third kappa shape index (κ3) is 4.13. The standard InChI is InChI=1S/C20H21FN2O3S/c21-19-4-2-1-3-16(19)13-27(25,26)22-18-8-7-14-9-10-23(12-17(14)11-18)20(24)15-5-6-15/h1-4,7-8,11,15,22H,5-6,9-10,12-13H2. The third-order valence-electron chi connectivity index (χ3n) is 5.03. The minimum Gasteiger partial charge on any atom is -0.338 e. The number of benzene rings is 2. The molecular weight excluding hydrogens is 367 g/mol. The minimum absolute atomic E-state index is 0.129. The summed E-state index contributed by atoms with van der Waals surface area (Å²) in [5, 5.41) is 0. The van der Waals surface area contributed by atoms with Gasteiger partial charge in [-0.2, -0.15) is 0 Å². The molecule has 1 N–H and O–H groups in total. The molecule has 0 spiro atoms. The SMILES string of the molecule is O=C(C1CC1)N1CCc2ccc(NS(=O)(=O)Cc3ccccc3F)cc2C1. The van der Waals surface area contributed by atoms with Crippen LogP contribution in [-0.2, 0) is 33.5 Å². The zero-order chi connectivity index (χ0) is 19.0. The van der Waals surface area contributed by atoms with Crippen molar-refractivity contribution in [1.29, 1.82) is 0 Å². The van der Waals surface area contributed by atoms with Crippen LogP contribution in [0.4, 0.5) is 10.1 Å². The summed E-state index contributed by atoms with van der Waals surface area (Å²) >= 11 is 0. The van der Waals surface area contributed by atoms with E-state index in [9.17, 15) is 17.6 Å². The van der Waals surface area contributed by atoms with E-state index in [0.717, 1.165) is 30.4 Å². The van der Waals surface area contributed by atoms with E-state index in [2.05, 4.69) is 4.72 Å². The number of hydrogen-bond acceptors (Lipinski definition) is 3. The molecule has 1 saturated carbocycles. The largest absolute Gasteiger partial charge is 0.338 e. The van der Waals surface area contributed by atoms with Crippen molar-refractivity contribution in [2.75, 3.05) is 11.3 Å². The van der Waals surface area contributed by atoms with E-state index in [4.69, 9.17) is 0 Å². The lowest BCUT2D eigenvalue weighted by Gasteiger charge is -2.29. The molecule has 0 bridgehead atoms. The smallest absolute Gasteiger partial charge is 0.237 e. The monoisotopic (exact) mass is 388 g/mol. The Labute approximate surface area is 158 Å². The van der Waals surface area contributed by atoms with Gasteiger partial charge in [-0.25, -0.2) is 12.8 Å². The number of rotatable bonds is 5. The number of hydrogen-bond donors (Lipinski definition) is 1. The maximum Gasteiger partial charge on any atom is 0.237 e. The van der Waals surface area contributed by atoms with E-state index in [-0.39, 0.29) is 17.4 Å². The molecule has 2 aliphatic rings. The van der Waals surface area contributed by atoms with Gasteiger partial charge in [0.15, 0.2) is 0 Å². The Morgan fingerprint density at radius 2 is 1.93 bits per heavy atom. The van der Waals surface area contributed by atoms with Crippen molar-refractivity contribution >= 4 is 21.6 Å². The molecule has 7 heteroatoms. The molecule has 5 nitrogen and oxygen atoms in total. The highest BCUT2D eigenvalue weighted by Crippen LogP contribution is 2.33. The number of carbonyl (C=O) groups excluding carboxylic acids is 1. The van der Waals surface area contributed by atoms with Crippen molar-refractivity contribution in [3.8, 4) is 0 Å². The molecule has 27 heavy (non-hydrogen) atoms. The second kappa shape index (κ2) is 6.96. The van der Waals surface area contributed by atoms with Crippen molar-refractivity contribution in [3.63, 3.8) is 0 Å². The van der Waals surface area contributed by atoms with Gasteiger partial charge in [-0.1, -0.05) is 24.3 Å². The van der Waals surface area contributed by atoms with Gasteiger partial charge in [0.1, 0.15) is 5.82 Å². The van der Waals surface area contributed by atoms with Crippen LogP contribution in [0.3, 0.4) is 0 Å². The summed E-state index contributed by atoms with van der Waals surface area (Å²) in [5.41, 5.74) is 2.66. The number of anilines is 1.